The maximum absolute atomic E-state index is 10.2. The van der Waals surface area contributed by atoms with Crippen LogP contribution >= 0.6 is 0 Å². The molecule has 4 N–H and O–H groups in total. The first-order chi connectivity index (χ1) is 10.5. The van der Waals surface area contributed by atoms with E-state index in [9.17, 15) is 10.2 Å². The molecule has 8 heteroatoms. The van der Waals surface area contributed by atoms with E-state index in [1.54, 1.807) is 11.5 Å². The first-order valence-corrected chi connectivity index (χ1v) is 7.32. The molecule has 2 aliphatic rings. The van der Waals surface area contributed by atoms with Crippen molar-refractivity contribution in [3.8, 4) is 0 Å². The van der Waals surface area contributed by atoms with E-state index in [1.165, 1.54) is 6.33 Å². The molecule has 4 rings (SSSR count). The van der Waals surface area contributed by atoms with E-state index >= 15 is 0 Å². The number of aromatic nitrogens is 3. The Hall–Kier alpha value is -1.74. The molecule has 0 aliphatic carbocycles. The summed E-state index contributed by atoms with van der Waals surface area (Å²) in [6, 6.07) is -0.159. The highest BCUT2D eigenvalue weighted by Crippen LogP contribution is 2.39. The summed E-state index contributed by atoms with van der Waals surface area (Å²) in [4.78, 5) is 10.7. The van der Waals surface area contributed by atoms with E-state index in [0.717, 1.165) is 16.8 Å². The van der Waals surface area contributed by atoms with Crippen molar-refractivity contribution < 1.29 is 14.9 Å². The van der Waals surface area contributed by atoms with Crippen LogP contribution in [0.25, 0.3) is 11.0 Å². The number of hydrogen-bond acceptors (Lipinski definition) is 7. The second-order valence-corrected chi connectivity index (χ2v) is 6.09. The first kappa shape index (κ1) is 13.9. The van der Waals surface area contributed by atoms with E-state index < -0.39 is 24.5 Å². The van der Waals surface area contributed by atoms with Gasteiger partial charge in [-0.2, -0.15) is 0 Å². The number of anilines is 1. The summed E-state index contributed by atoms with van der Waals surface area (Å²) in [7, 11) is 1.94. The Balaban J connectivity index is 1.91. The third-order valence-electron chi connectivity index (χ3n) is 4.60. The number of nitrogens with two attached hydrogens (primary N) is 1. The van der Waals surface area contributed by atoms with Crippen LogP contribution in [0.2, 0.25) is 0 Å². The zero-order valence-electron chi connectivity index (χ0n) is 12.4. The number of nitrogens with zero attached hydrogens (tertiary/aromatic N) is 4. The molecule has 2 aromatic heterocycles. The Morgan fingerprint density at radius 2 is 2.09 bits per heavy atom. The van der Waals surface area contributed by atoms with Crippen LogP contribution in [0.15, 0.2) is 12.5 Å². The topological polar surface area (TPSA) is 110 Å². The van der Waals surface area contributed by atoms with E-state index in [4.69, 9.17) is 10.5 Å². The summed E-state index contributed by atoms with van der Waals surface area (Å²) in [5, 5.41) is 21.1. The molecule has 0 spiro atoms. The van der Waals surface area contributed by atoms with Gasteiger partial charge in [-0.1, -0.05) is 0 Å². The fourth-order valence-electron chi connectivity index (χ4n) is 3.40. The van der Waals surface area contributed by atoms with Crippen LogP contribution in [0.3, 0.4) is 0 Å². The van der Waals surface area contributed by atoms with E-state index in [-0.39, 0.29) is 6.04 Å². The molecule has 8 nitrogen and oxygen atoms in total. The minimum Gasteiger partial charge on any atom is -0.388 e. The largest absolute Gasteiger partial charge is 0.388 e. The average molecular weight is 305 g/mol. The van der Waals surface area contributed by atoms with Gasteiger partial charge in [-0.3, -0.25) is 0 Å². The molecule has 0 bridgehead atoms. The van der Waals surface area contributed by atoms with Crippen molar-refractivity contribution in [1.82, 2.24) is 14.5 Å². The second kappa shape index (κ2) is 4.63. The molecule has 0 amide bonds. The lowest BCUT2D eigenvalue weighted by Gasteiger charge is -2.27. The first-order valence-electron chi connectivity index (χ1n) is 7.32. The lowest BCUT2D eigenvalue weighted by atomic mass is 10.0. The van der Waals surface area contributed by atoms with Gasteiger partial charge in [0.25, 0.3) is 0 Å². The summed E-state index contributed by atoms with van der Waals surface area (Å²) in [5.41, 5.74) is 7.83. The van der Waals surface area contributed by atoms with Crippen molar-refractivity contribution in [2.75, 3.05) is 18.5 Å². The quantitative estimate of drug-likeness (QED) is 0.652. The van der Waals surface area contributed by atoms with Gasteiger partial charge in [0.1, 0.15) is 30.0 Å². The van der Waals surface area contributed by atoms with Gasteiger partial charge in [0.2, 0.25) is 0 Å². The van der Waals surface area contributed by atoms with Gasteiger partial charge in [0.05, 0.1) is 11.5 Å². The summed E-state index contributed by atoms with van der Waals surface area (Å²) in [6.45, 7) is 2.40. The van der Waals surface area contributed by atoms with E-state index in [1.807, 2.05) is 18.1 Å². The van der Waals surface area contributed by atoms with Gasteiger partial charge < -0.3 is 30.2 Å². The maximum atomic E-state index is 10.2. The predicted molar refractivity (Wildman–Crippen MR) is 79.3 cm³/mol. The molecule has 0 radical (unpaired) electrons. The van der Waals surface area contributed by atoms with Crippen LogP contribution in [0.5, 0.6) is 0 Å². The standard InChI is InChI=1S/C14H19N5O3/c1-6-10(20)11(21)14(22-6)19-3-7-8(15)4-18(2)12-9(7)13(19)17-5-16-12/h3,5-6,8,10-11,14,20-21H,4,15H2,1-2H3/t6-,8?,10+,11?,14-/m1/s1. The zero-order valence-corrected chi connectivity index (χ0v) is 12.4. The Morgan fingerprint density at radius 1 is 1.32 bits per heavy atom. The smallest absolute Gasteiger partial charge is 0.164 e. The van der Waals surface area contributed by atoms with Gasteiger partial charge in [-0.15, -0.1) is 0 Å². The molecule has 118 valence electrons. The molecule has 22 heavy (non-hydrogen) atoms. The third kappa shape index (κ3) is 1.72. The zero-order chi connectivity index (χ0) is 15.6. The molecule has 2 aromatic rings. The summed E-state index contributed by atoms with van der Waals surface area (Å²) in [5.74, 6) is 0.821. The van der Waals surface area contributed by atoms with E-state index in [2.05, 4.69) is 9.97 Å². The molecule has 2 aliphatic heterocycles. The lowest BCUT2D eigenvalue weighted by molar-refractivity contribution is -0.0297. The molecule has 2 unspecified atom stereocenters. The van der Waals surface area contributed by atoms with Crippen LogP contribution < -0.4 is 10.6 Å². The van der Waals surface area contributed by atoms with Gasteiger partial charge in [-0.05, 0) is 6.92 Å². The minimum atomic E-state index is -1.01. The summed E-state index contributed by atoms with van der Waals surface area (Å²) in [6.07, 6.45) is 0.301. The van der Waals surface area contributed by atoms with Crippen molar-refractivity contribution in [3.05, 3.63) is 18.1 Å². The monoisotopic (exact) mass is 305 g/mol. The second-order valence-electron chi connectivity index (χ2n) is 6.09. The van der Waals surface area contributed by atoms with Crippen LogP contribution in [0.4, 0.5) is 5.82 Å². The number of likely N-dealkylation sites (N-methyl/N-ethyl adjacent to an activating group) is 1. The summed E-state index contributed by atoms with van der Waals surface area (Å²) < 4.78 is 7.46. The molecular formula is C14H19N5O3. The highest BCUT2D eigenvalue weighted by molar-refractivity contribution is 5.93. The Kier molecular flexibility index (Phi) is 2.92. The van der Waals surface area contributed by atoms with Crippen molar-refractivity contribution >= 4 is 16.9 Å². The molecule has 0 saturated carbocycles. The Labute approximate surface area is 127 Å². The van der Waals surface area contributed by atoms with Crippen molar-refractivity contribution in [2.24, 2.45) is 5.73 Å². The fourth-order valence-corrected chi connectivity index (χ4v) is 3.40. The number of ether oxygens (including phenoxy) is 1. The summed E-state index contributed by atoms with van der Waals surface area (Å²) >= 11 is 0. The number of aliphatic hydroxyl groups is 2. The molecule has 5 atom stereocenters. The molecular weight excluding hydrogens is 286 g/mol. The number of hydrogen-bond donors (Lipinski definition) is 3. The van der Waals surface area contributed by atoms with Crippen LogP contribution in [-0.4, -0.2) is 56.7 Å². The SMILES string of the molecule is C[C@H]1O[C@@H](n2cc3c4c(ncnc42)N(C)CC3N)C(O)[C@H]1O. The normalized spacial score (nSPS) is 34.6. The number of aliphatic hydroxyl groups excluding tert-OH is 2. The van der Waals surface area contributed by atoms with Gasteiger partial charge in [0.15, 0.2) is 6.23 Å². The average Bonchev–Trinajstić information content (AvgIpc) is 2.99. The van der Waals surface area contributed by atoms with Crippen molar-refractivity contribution in [1.29, 1.82) is 0 Å². The predicted octanol–water partition coefficient (Wildman–Crippen LogP) is -0.480. The van der Waals surface area contributed by atoms with Gasteiger partial charge in [-0.25, -0.2) is 9.97 Å². The van der Waals surface area contributed by atoms with Gasteiger partial charge in [0, 0.05) is 31.4 Å². The molecule has 4 heterocycles. The van der Waals surface area contributed by atoms with Gasteiger partial charge >= 0.3 is 0 Å². The minimum absolute atomic E-state index is 0.159. The fraction of sp³-hybridized carbons (Fsp3) is 0.571. The van der Waals surface area contributed by atoms with E-state index in [0.29, 0.717) is 12.2 Å². The number of rotatable bonds is 1. The third-order valence-corrected chi connectivity index (χ3v) is 4.60. The van der Waals surface area contributed by atoms with Crippen molar-refractivity contribution in [3.63, 3.8) is 0 Å². The highest BCUT2D eigenvalue weighted by Gasteiger charge is 2.42. The lowest BCUT2D eigenvalue weighted by Crippen LogP contribution is -2.32. The molecule has 1 fully saturated rings. The Bertz CT molecular complexity index is 733. The van der Waals surface area contributed by atoms with Crippen LogP contribution in [0.1, 0.15) is 24.8 Å². The maximum Gasteiger partial charge on any atom is 0.164 e. The van der Waals surface area contributed by atoms with Crippen LogP contribution in [-0.2, 0) is 4.74 Å². The molecule has 1 saturated heterocycles. The molecule has 0 aromatic carbocycles. The highest BCUT2D eigenvalue weighted by atomic mass is 16.6. The Morgan fingerprint density at radius 3 is 2.77 bits per heavy atom. The van der Waals surface area contributed by atoms with Crippen molar-refractivity contribution in [2.45, 2.75) is 37.5 Å². The van der Waals surface area contributed by atoms with Crippen LogP contribution in [0, 0.1) is 0 Å².